The first-order valence-electron chi connectivity index (χ1n) is 8.55. The van der Waals surface area contributed by atoms with Gasteiger partial charge in [-0.05, 0) is 42.3 Å². The van der Waals surface area contributed by atoms with Crippen LogP contribution in [0, 0.1) is 6.92 Å². The van der Waals surface area contributed by atoms with Gasteiger partial charge in [0.2, 0.25) is 0 Å². The summed E-state index contributed by atoms with van der Waals surface area (Å²) in [7, 11) is 1.61. The number of fused-ring (bicyclic) bond motifs is 1. The number of benzene rings is 2. The average Bonchev–Trinajstić information content (AvgIpc) is 2.67. The van der Waals surface area contributed by atoms with Crippen molar-refractivity contribution in [2.75, 3.05) is 20.3 Å². The quantitative estimate of drug-likeness (QED) is 0.798. The van der Waals surface area contributed by atoms with Crippen LogP contribution in [0.3, 0.4) is 0 Å². The van der Waals surface area contributed by atoms with E-state index in [4.69, 9.17) is 14.2 Å². The molecule has 0 amide bonds. The third kappa shape index (κ3) is 3.75. The molecule has 2 aromatic rings. The molecule has 138 valence electrons. The number of aliphatic hydroxyl groups is 2. The van der Waals surface area contributed by atoms with Crippen LogP contribution in [-0.2, 0) is 11.3 Å². The Bertz CT molecular complexity index is 771. The van der Waals surface area contributed by atoms with E-state index in [1.807, 2.05) is 55.5 Å². The molecule has 1 aliphatic rings. The van der Waals surface area contributed by atoms with Crippen molar-refractivity contribution in [1.29, 1.82) is 0 Å². The summed E-state index contributed by atoms with van der Waals surface area (Å²) < 4.78 is 17.4. The van der Waals surface area contributed by atoms with Crippen molar-refractivity contribution in [3.8, 4) is 11.5 Å². The highest BCUT2D eigenvalue weighted by Crippen LogP contribution is 2.39. The summed E-state index contributed by atoms with van der Waals surface area (Å²) in [4.78, 5) is 0. The van der Waals surface area contributed by atoms with Crippen molar-refractivity contribution in [3.05, 3.63) is 65.2 Å². The molecule has 2 atom stereocenters. The molecule has 1 heterocycles. The molecular weight excluding hydrogens is 332 g/mol. The number of hydrogen-bond acceptors (Lipinski definition) is 5. The van der Waals surface area contributed by atoms with Crippen molar-refractivity contribution < 1.29 is 24.4 Å². The molecular formula is C21H24O5. The van der Waals surface area contributed by atoms with Crippen LogP contribution < -0.4 is 9.47 Å². The molecule has 0 aliphatic carbocycles. The van der Waals surface area contributed by atoms with Gasteiger partial charge >= 0.3 is 0 Å². The SMILES string of the molecule is COc1cc(C)cc2c1C=C[C@@](COCc1ccccc1)([C@H](O)CO)O2. The minimum atomic E-state index is -1.16. The number of aryl methyl sites for hydroxylation is 1. The highest BCUT2D eigenvalue weighted by Gasteiger charge is 2.41. The molecule has 0 bridgehead atoms. The Morgan fingerprint density at radius 3 is 2.65 bits per heavy atom. The molecule has 5 nitrogen and oxygen atoms in total. The summed E-state index contributed by atoms with van der Waals surface area (Å²) in [5.41, 5.74) is 1.66. The molecule has 0 fully saturated rings. The van der Waals surface area contributed by atoms with Gasteiger partial charge in [-0.1, -0.05) is 30.3 Å². The summed E-state index contributed by atoms with van der Waals surface area (Å²) in [5.74, 6) is 1.30. The molecule has 0 saturated carbocycles. The van der Waals surface area contributed by atoms with Gasteiger partial charge in [-0.3, -0.25) is 0 Å². The zero-order valence-electron chi connectivity index (χ0n) is 15.0. The fourth-order valence-electron chi connectivity index (χ4n) is 3.02. The Morgan fingerprint density at radius 1 is 1.19 bits per heavy atom. The summed E-state index contributed by atoms with van der Waals surface area (Å²) in [6, 6.07) is 13.6. The molecule has 26 heavy (non-hydrogen) atoms. The highest BCUT2D eigenvalue weighted by atomic mass is 16.6. The van der Waals surface area contributed by atoms with Crippen LogP contribution in [0.2, 0.25) is 0 Å². The third-order valence-corrected chi connectivity index (χ3v) is 4.48. The van der Waals surface area contributed by atoms with Crippen LogP contribution in [0.15, 0.2) is 48.5 Å². The summed E-state index contributed by atoms with van der Waals surface area (Å²) in [6.07, 6.45) is 2.47. The molecule has 5 heteroatoms. The third-order valence-electron chi connectivity index (χ3n) is 4.48. The van der Waals surface area contributed by atoms with Crippen molar-refractivity contribution >= 4 is 6.08 Å². The monoisotopic (exact) mass is 356 g/mol. The number of ether oxygens (including phenoxy) is 3. The normalized spacial score (nSPS) is 19.5. The van der Waals surface area contributed by atoms with Crippen LogP contribution in [0.25, 0.3) is 6.08 Å². The standard InChI is InChI=1S/C21H24O5/c1-15-10-18(24-2)17-8-9-21(20(23)12-22,26-19(17)11-15)14-25-13-16-6-4-3-5-7-16/h3-11,20,22-23H,12-14H2,1-2H3/t20-,21-/m1/s1. The smallest absolute Gasteiger partial charge is 0.178 e. The summed E-state index contributed by atoms with van der Waals surface area (Å²) >= 11 is 0. The molecule has 0 aromatic heterocycles. The van der Waals surface area contributed by atoms with E-state index in [1.54, 1.807) is 13.2 Å². The first-order chi connectivity index (χ1) is 12.6. The highest BCUT2D eigenvalue weighted by molar-refractivity contribution is 5.68. The lowest BCUT2D eigenvalue weighted by molar-refractivity contribution is -0.0937. The zero-order valence-corrected chi connectivity index (χ0v) is 15.0. The Hall–Kier alpha value is -2.34. The lowest BCUT2D eigenvalue weighted by Crippen LogP contribution is -2.52. The van der Waals surface area contributed by atoms with Crippen LogP contribution in [0.1, 0.15) is 16.7 Å². The van der Waals surface area contributed by atoms with E-state index < -0.39 is 18.3 Å². The molecule has 0 unspecified atom stereocenters. The second-order valence-electron chi connectivity index (χ2n) is 6.45. The Morgan fingerprint density at radius 2 is 1.96 bits per heavy atom. The lowest BCUT2D eigenvalue weighted by atomic mass is 9.92. The average molecular weight is 356 g/mol. The molecule has 0 saturated heterocycles. The van der Waals surface area contributed by atoms with E-state index >= 15 is 0 Å². The predicted octanol–water partition coefficient (Wildman–Crippen LogP) is 2.72. The van der Waals surface area contributed by atoms with Crippen molar-refractivity contribution in [2.45, 2.75) is 25.2 Å². The maximum atomic E-state index is 10.4. The maximum absolute atomic E-state index is 10.4. The number of aliphatic hydroxyl groups excluding tert-OH is 2. The van der Waals surface area contributed by atoms with Crippen molar-refractivity contribution in [2.24, 2.45) is 0 Å². The Kier molecular flexibility index (Phi) is 5.61. The van der Waals surface area contributed by atoms with Gasteiger partial charge in [0.05, 0.1) is 32.5 Å². The van der Waals surface area contributed by atoms with Gasteiger partial charge in [0.1, 0.15) is 17.6 Å². The number of rotatable bonds is 7. The van der Waals surface area contributed by atoms with Crippen LogP contribution in [-0.4, -0.2) is 42.2 Å². The minimum absolute atomic E-state index is 0.107. The molecule has 0 radical (unpaired) electrons. The largest absolute Gasteiger partial charge is 0.496 e. The van der Waals surface area contributed by atoms with E-state index in [1.165, 1.54) is 0 Å². The molecule has 3 rings (SSSR count). The lowest BCUT2D eigenvalue weighted by Gasteiger charge is -2.38. The van der Waals surface area contributed by atoms with E-state index in [0.29, 0.717) is 18.1 Å². The number of methoxy groups -OCH3 is 1. The minimum Gasteiger partial charge on any atom is -0.496 e. The fourth-order valence-corrected chi connectivity index (χ4v) is 3.02. The van der Waals surface area contributed by atoms with Crippen LogP contribution in [0.4, 0.5) is 0 Å². The first-order valence-corrected chi connectivity index (χ1v) is 8.55. The summed E-state index contributed by atoms with van der Waals surface area (Å²) in [5, 5.41) is 19.9. The van der Waals surface area contributed by atoms with E-state index in [0.717, 1.165) is 16.7 Å². The molecule has 2 aromatic carbocycles. The molecule has 1 aliphatic heterocycles. The summed E-state index contributed by atoms with van der Waals surface area (Å²) in [6.45, 7) is 2.01. The van der Waals surface area contributed by atoms with Gasteiger partial charge in [-0.25, -0.2) is 0 Å². The van der Waals surface area contributed by atoms with Gasteiger partial charge in [0, 0.05) is 0 Å². The van der Waals surface area contributed by atoms with E-state index in [2.05, 4.69) is 0 Å². The second kappa shape index (κ2) is 7.91. The van der Waals surface area contributed by atoms with Crippen LogP contribution in [0.5, 0.6) is 11.5 Å². The van der Waals surface area contributed by atoms with Gasteiger partial charge in [0.15, 0.2) is 5.60 Å². The predicted molar refractivity (Wildman–Crippen MR) is 99.3 cm³/mol. The van der Waals surface area contributed by atoms with Crippen molar-refractivity contribution in [1.82, 2.24) is 0 Å². The molecule has 0 spiro atoms. The maximum Gasteiger partial charge on any atom is 0.178 e. The van der Waals surface area contributed by atoms with Gasteiger partial charge in [-0.15, -0.1) is 0 Å². The fraction of sp³-hybridized carbons (Fsp3) is 0.333. The van der Waals surface area contributed by atoms with Crippen LogP contribution >= 0.6 is 0 Å². The van der Waals surface area contributed by atoms with Crippen molar-refractivity contribution in [3.63, 3.8) is 0 Å². The zero-order chi connectivity index (χ0) is 18.6. The topological polar surface area (TPSA) is 68.2 Å². The Labute approximate surface area is 153 Å². The van der Waals surface area contributed by atoms with Gasteiger partial charge in [0.25, 0.3) is 0 Å². The van der Waals surface area contributed by atoms with Gasteiger partial charge < -0.3 is 24.4 Å². The van der Waals surface area contributed by atoms with Gasteiger partial charge in [-0.2, -0.15) is 0 Å². The number of hydrogen-bond donors (Lipinski definition) is 2. The Balaban J connectivity index is 1.83. The molecule has 2 N–H and O–H groups in total. The van der Waals surface area contributed by atoms with E-state index in [9.17, 15) is 10.2 Å². The second-order valence-corrected chi connectivity index (χ2v) is 6.45. The van der Waals surface area contributed by atoms with E-state index in [-0.39, 0.29) is 6.61 Å². The first kappa shape index (κ1) is 18.5.